The monoisotopic (exact) mass is 301 g/mol. The van der Waals surface area contributed by atoms with Gasteiger partial charge in [-0.15, -0.1) is 0 Å². The fourth-order valence-electron chi connectivity index (χ4n) is 1.40. The van der Waals surface area contributed by atoms with Gasteiger partial charge in [0.2, 0.25) is 0 Å². The first-order valence-electron chi connectivity index (χ1n) is 4.94. The van der Waals surface area contributed by atoms with E-state index in [0.29, 0.717) is 0 Å². The zero-order chi connectivity index (χ0) is 12.5. The molecule has 0 aromatic carbocycles. The van der Waals surface area contributed by atoms with Crippen molar-refractivity contribution in [3.05, 3.63) is 0 Å². The Labute approximate surface area is 108 Å². The van der Waals surface area contributed by atoms with Gasteiger partial charge in [0.05, 0.1) is 0 Å². The van der Waals surface area contributed by atoms with E-state index >= 15 is 0 Å². The average molecular weight is 302 g/mol. The lowest BCUT2D eigenvalue weighted by molar-refractivity contribution is 0.384. The fraction of sp³-hybridized carbons (Fsp3) is 1.00. The van der Waals surface area contributed by atoms with Crippen LogP contribution in [0.4, 0.5) is 0 Å². The van der Waals surface area contributed by atoms with E-state index in [4.69, 9.17) is 8.23 Å². The van der Waals surface area contributed by atoms with Gasteiger partial charge in [0, 0.05) is 0 Å². The van der Waals surface area contributed by atoms with Gasteiger partial charge in [-0.2, -0.15) is 3.38 Å². The maximum absolute atomic E-state index is 6.13. The number of thiol groups is 2. The molecular weight excluding hydrogens is 278 g/mol. The molecule has 0 fully saturated rings. The van der Waals surface area contributed by atoms with Gasteiger partial charge in [0.1, 0.15) is 0 Å². The van der Waals surface area contributed by atoms with Crippen molar-refractivity contribution < 1.29 is 8.23 Å². The van der Waals surface area contributed by atoms with E-state index in [0.717, 1.165) is 0 Å². The van der Waals surface area contributed by atoms with E-state index in [9.17, 15) is 0 Å². The molecule has 0 rings (SSSR count). The summed E-state index contributed by atoms with van der Waals surface area (Å²) in [5, 5.41) is 0. The van der Waals surface area contributed by atoms with E-state index < -0.39 is 25.4 Å². The predicted octanol–water partition coefficient (Wildman–Crippen LogP) is 3.25. The second kappa shape index (κ2) is 5.25. The van der Waals surface area contributed by atoms with Gasteiger partial charge in [-0.05, 0) is 45.8 Å². The molecule has 0 spiro atoms. The quantitative estimate of drug-likeness (QED) is 0.601. The minimum atomic E-state index is -2.05. The summed E-state index contributed by atoms with van der Waals surface area (Å²) in [4.78, 5) is 0. The largest absolute Gasteiger partial charge is 0.437 e. The van der Waals surface area contributed by atoms with Crippen LogP contribution in [0.15, 0.2) is 0 Å². The molecule has 3 nitrogen and oxygen atoms in total. The normalized spacial score (nSPS) is 14.8. The van der Waals surface area contributed by atoms with Gasteiger partial charge in [-0.25, -0.2) is 0 Å². The van der Waals surface area contributed by atoms with Crippen molar-refractivity contribution in [1.29, 1.82) is 0 Å². The highest BCUT2D eigenvalue weighted by Gasteiger charge is 2.40. The van der Waals surface area contributed by atoms with Gasteiger partial charge in [0.15, 0.2) is 8.32 Å². The molecule has 15 heavy (non-hydrogen) atoms. The Kier molecular flexibility index (Phi) is 5.68. The van der Waals surface area contributed by atoms with Crippen LogP contribution in [0.1, 0.15) is 0 Å². The highest BCUT2D eigenvalue weighted by molar-refractivity contribution is 7.96. The first-order chi connectivity index (χ1) is 6.36. The van der Waals surface area contributed by atoms with Crippen molar-refractivity contribution in [3.63, 3.8) is 0 Å². The zero-order valence-electron chi connectivity index (χ0n) is 10.7. The lowest BCUT2D eigenvalue weighted by atomic mass is 11.8. The summed E-state index contributed by atoms with van der Waals surface area (Å²) in [6.45, 7) is 14.8. The summed E-state index contributed by atoms with van der Waals surface area (Å²) in [6, 6.07) is 0. The molecule has 0 aliphatic carbocycles. The molecule has 0 saturated heterocycles. The number of hydrogen-bond donors (Lipinski definition) is 2. The van der Waals surface area contributed by atoms with Crippen LogP contribution in [-0.4, -0.2) is 28.7 Å². The van der Waals surface area contributed by atoms with E-state index in [1.807, 2.05) is 0 Å². The molecule has 0 amide bonds. The molecule has 0 N–H and O–H groups in total. The lowest BCUT2D eigenvalue weighted by Gasteiger charge is -2.38. The molecule has 0 aliphatic heterocycles. The third-order valence-corrected chi connectivity index (χ3v) is 13.8. The summed E-state index contributed by atoms with van der Waals surface area (Å²) in [5.41, 5.74) is 0. The third kappa shape index (κ3) is 7.21. The van der Waals surface area contributed by atoms with Gasteiger partial charge >= 0.3 is 8.56 Å². The Morgan fingerprint density at radius 3 is 1.47 bits per heavy atom. The van der Waals surface area contributed by atoms with Crippen LogP contribution in [-0.2, 0) is 8.23 Å². The van der Waals surface area contributed by atoms with Crippen molar-refractivity contribution >= 4 is 51.0 Å². The van der Waals surface area contributed by atoms with Crippen LogP contribution in [0.5, 0.6) is 0 Å². The lowest BCUT2D eigenvalue weighted by Crippen LogP contribution is -2.54. The minimum absolute atomic E-state index is 1.54. The van der Waals surface area contributed by atoms with Crippen LogP contribution >= 0.6 is 25.6 Å². The molecule has 0 bridgehead atoms. The molecule has 0 unspecified atom stereocenters. The van der Waals surface area contributed by atoms with Crippen molar-refractivity contribution in [3.8, 4) is 0 Å². The molecule has 0 aromatic rings. The molecule has 0 atom stereocenters. The van der Waals surface area contributed by atoms with Crippen molar-refractivity contribution in [1.82, 2.24) is 3.38 Å². The van der Waals surface area contributed by atoms with Gasteiger partial charge in [-0.1, -0.05) is 25.6 Å². The maximum atomic E-state index is 6.13. The standard InChI is InChI=1S/C7H23NO2S2Si3/c1-13(2,3)9-15(6,7)10-14(4,5)8(11)12/h11-12H,1-7H3. The minimum Gasteiger partial charge on any atom is -0.437 e. The highest BCUT2D eigenvalue weighted by Crippen LogP contribution is 2.24. The highest BCUT2D eigenvalue weighted by atomic mass is 32.2. The molecule has 92 valence electrons. The van der Waals surface area contributed by atoms with Crippen LogP contribution < -0.4 is 0 Å². The van der Waals surface area contributed by atoms with Gasteiger partial charge < -0.3 is 8.23 Å². The molecule has 0 radical (unpaired) electrons. The van der Waals surface area contributed by atoms with Crippen molar-refractivity contribution in [2.45, 2.75) is 45.8 Å². The first kappa shape index (κ1) is 16.2. The van der Waals surface area contributed by atoms with Gasteiger partial charge in [-0.3, -0.25) is 0 Å². The Bertz CT molecular complexity index is 219. The third-order valence-electron chi connectivity index (χ3n) is 1.53. The molecule has 0 saturated carbocycles. The van der Waals surface area contributed by atoms with E-state index in [1.54, 1.807) is 3.38 Å². The number of nitrogens with zero attached hydrogens (tertiary/aromatic N) is 1. The topological polar surface area (TPSA) is 21.7 Å². The first-order valence-corrected chi connectivity index (χ1v) is 14.8. The number of hydrogen-bond acceptors (Lipinski definition) is 5. The maximum Gasteiger partial charge on any atom is 0.312 e. The Morgan fingerprint density at radius 2 is 1.20 bits per heavy atom. The summed E-state index contributed by atoms with van der Waals surface area (Å²) < 4.78 is 13.8. The predicted molar refractivity (Wildman–Crippen MR) is 80.3 cm³/mol. The summed E-state index contributed by atoms with van der Waals surface area (Å²) in [5.74, 6) is 0. The Balaban J connectivity index is 4.51. The summed E-state index contributed by atoms with van der Waals surface area (Å²) in [7, 11) is -5.58. The zero-order valence-corrected chi connectivity index (χ0v) is 15.4. The van der Waals surface area contributed by atoms with E-state index in [1.165, 1.54) is 0 Å². The second-order valence-corrected chi connectivity index (χ2v) is 19.3. The number of rotatable bonds is 5. The smallest absolute Gasteiger partial charge is 0.312 e. The molecule has 8 heteroatoms. The van der Waals surface area contributed by atoms with Crippen LogP contribution in [0.25, 0.3) is 0 Å². The summed E-state index contributed by atoms with van der Waals surface area (Å²) in [6.07, 6.45) is 0. The van der Waals surface area contributed by atoms with Crippen LogP contribution in [0.3, 0.4) is 0 Å². The average Bonchev–Trinajstić information content (AvgIpc) is 1.75. The van der Waals surface area contributed by atoms with Crippen LogP contribution in [0.2, 0.25) is 45.8 Å². The Morgan fingerprint density at radius 1 is 0.800 bits per heavy atom. The van der Waals surface area contributed by atoms with Crippen molar-refractivity contribution in [2.75, 3.05) is 0 Å². The molecule has 0 heterocycles. The van der Waals surface area contributed by atoms with Crippen molar-refractivity contribution in [2.24, 2.45) is 0 Å². The molecular formula is C7H23NO2S2Si3. The summed E-state index contributed by atoms with van der Waals surface area (Å²) >= 11 is 8.43. The van der Waals surface area contributed by atoms with E-state index in [-0.39, 0.29) is 0 Å². The fourth-order valence-corrected chi connectivity index (χ4v) is 13.7. The SMILES string of the molecule is C[Si](C)(C)O[Si](C)(C)O[Si](C)(C)N(S)S. The van der Waals surface area contributed by atoms with Crippen LogP contribution in [0, 0.1) is 0 Å². The van der Waals surface area contributed by atoms with Gasteiger partial charge in [0.25, 0.3) is 8.48 Å². The molecule has 0 aromatic heterocycles. The Hall–Kier alpha value is 1.23. The van der Waals surface area contributed by atoms with E-state index in [2.05, 4.69) is 71.5 Å². The second-order valence-electron chi connectivity index (χ2n) is 5.45. The molecule has 0 aliphatic rings.